The van der Waals surface area contributed by atoms with Crippen molar-refractivity contribution in [2.24, 2.45) is 0 Å². The lowest BCUT2D eigenvalue weighted by molar-refractivity contribution is -0.136. The van der Waals surface area contributed by atoms with Crippen LogP contribution in [0.3, 0.4) is 0 Å². The standard InChI is InChI=1S/C21H20N6O5/c28-17-8-7-15(18(29)25-17)27-19(30)13-6-5-12(11-14(13)20(27)31)3-1-9-22-21(32)24-16-4-2-10-23-26-16/h2,4-6,10-11,15H,1,3,7-9H2,(H,25,28,29)(H2,22,24,26,32). The number of benzene rings is 1. The van der Waals surface area contributed by atoms with E-state index in [4.69, 9.17) is 0 Å². The van der Waals surface area contributed by atoms with Crippen LogP contribution >= 0.6 is 0 Å². The smallest absolute Gasteiger partial charge is 0.320 e. The van der Waals surface area contributed by atoms with Crippen LogP contribution in [0, 0.1) is 0 Å². The largest absolute Gasteiger partial charge is 0.338 e. The molecule has 1 saturated heterocycles. The summed E-state index contributed by atoms with van der Waals surface area (Å²) in [6.07, 6.45) is 2.87. The summed E-state index contributed by atoms with van der Waals surface area (Å²) in [7, 11) is 0. The van der Waals surface area contributed by atoms with E-state index in [1.165, 1.54) is 6.20 Å². The van der Waals surface area contributed by atoms with Crippen molar-refractivity contribution in [1.29, 1.82) is 0 Å². The van der Waals surface area contributed by atoms with Crippen LogP contribution in [0.15, 0.2) is 36.5 Å². The molecule has 164 valence electrons. The van der Waals surface area contributed by atoms with E-state index in [0.29, 0.717) is 25.2 Å². The second-order valence-corrected chi connectivity index (χ2v) is 7.42. The molecule has 11 heteroatoms. The molecule has 1 unspecified atom stereocenters. The predicted molar refractivity (Wildman–Crippen MR) is 110 cm³/mol. The fraction of sp³-hybridized carbons (Fsp3) is 0.286. The number of urea groups is 1. The number of rotatable bonds is 6. The second kappa shape index (κ2) is 8.92. The van der Waals surface area contributed by atoms with Gasteiger partial charge in [0.1, 0.15) is 6.04 Å². The number of carbonyl (C=O) groups excluding carboxylic acids is 5. The summed E-state index contributed by atoms with van der Waals surface area (Å²) in [4.78, 5) is 61.8. The third-order valence-corrected chi connectivity index (χ3v) is 5.25. The van der Waals surface area contributed by atoms with Gasteiger partial charge in [0.15, 0.2) is 5.82 Å². The molecule has 1 fully saturated rings. The number of aromatic nitrogens is 2. The van der Waals surface area contributed by atoms with Crippen LogP contribution in [0.2, 0.25) is 0 Å². The fourth-order valence-electron chi connectivity index (χ4n) is 3.70. The monoisotopic (exact) mass is 436 g/mol. The molecule has 11 nitrogen and oxygen atoms in total. The Balaban J connectivity index is 1.33. The molecule has 2 aliphatic heterocycles. The Morgan fingerprint density at radius 1 is 1.12 bits per heavy atom. The molecule has 6 amide bonds. The van der Waals surface area contributed by atoms with Crippen molar-refractivity contribution in [3.05, 3.63) is 53.2 Å². The average Bonchev–Trinajstić information content (AvgIpc) is 3.02. The summed E-state index contributed by atoms with van der Waals surface area (Å²) in [5.74, 6) is -1.78. The number of amides is 6. The van der Waals surface area contributed by atoms with E-state index in [1.54, 1.807) is 30.3 Å². The summed E-state index contributed by atoms with van der Waals surface area (Å²) in [5, 5.41) is 14.9. The van der Waals surface area contributed by atoms with E-state index in [2.05, 4.69) is 26.1 Å². The van der Waals surface area contributed by atoms with E-state index < -0.39 is 35.7 Å². The molecule has 1 atom stereocenters. The molecule has 0 radical (unpaired) electrons. The number of nitrogens with zero attached hydrogens (tertiary/aromatic N) is 3. The molecule has 2 aliphatic rings. The molecular formula is C21H20N6O5. The zero-order valence-electron chi connectivity index (χ0n) is 17.0. The van der Waals surface area contributed by atoms with Gasteiger partial charge >= 0.3 is 6.03 Å². The number of carbonyl (C=O) groups is 5. The highest BCUT2D eigenvalue weighted by molar-refractivity contribution is 6.23. The zero-order valence-corrected chi connectivity index (χ0v) is 17.0. The first-order chi connectivity index (χ1) is 15.4. The fourth-order valence-corrected chi connectivity index (χ4v) is 3.70. The minimum absolute atomic E-state index is 0.0759. The van der Waals surface area contributed by atoms with Crippen LogP contribution in [-0.4, -0.2) is 57.3 Å². The van der Waals surface area contributed by atoms with Gasteiger partial charge in [0.05, 0.1) is 11.1 Å². The molecule has 32 heavy (non-hydrogen) atoms. The number of anilines is 1. The number of fused-ring (bicyclic) bond motifs is 1. The lowest BCUT2D eigenvalue weighted by Crippen LogP contribution is -2.54. The van der Waals surface area contributed by atoms with Crippen molar-refractivity contribution in [3.63, 3.8) is 0 Å². The Kier molecular flexibility index (Phi) is 5.88. The maximum Gasteiger partial charge on any atom is 0.320 e. The number of hydrogen-bond acceptors (Lipinski definition) is 7. The number of hydrogen-bond donors (Lipinski definition) is 3. The summed E-state index contributed by atoms with van der Waals surface area (Å²) in [6, 6.07) is 6.85. The van der Waals surface area contributed by atoms with Gasteiger partial charge in [-0.1, -0.05) is 6.07 Å². The molecule has 4 rings (SSSR count). The molecule has 0 aliphatic carbocycles. The van der Waals surface area contributed by atoms with Crippen molar-refractivity contribution < 1.29 is 24.0 Å². The van der Waals surface area contributed by atoms with Crippen LogP contribution in [0.25, 0.3) is 0 Å². The minimum Gasteiger partial charge on any atom is -0.338 e. The summed E-state index contributed by atoms with van der Waals surface area (Å²) in [6.45, 7) is 0.387. The van der Waals surface area contributed by atoms with Gasteiger partial charge in [0.25, 0.3) is 11.8 Å². The Morgan fingerprint density at radius 3 is 2.69 bits per heavy atom. The van der Waals surface area contributed by atoms with Crippen LogP contribution in [0.1, 0.15) is 45.5 Å². The third kappa shape index (κ3) is 4.31. The molecule has 0 spiro atoms. The van der Waals surface area contributed by atoms with E-state index in [9.17, 15) is 24.0 Å². The lowest BCUT2D eigenvalue weighted by Gasteiger charge is -2.27. The quantitative estimate of drug-likeness (QED) is 0.444. The summed E-state index contributed by atoms with van der Waals surface area (Å²) >= 11 is 0. The highest BCUT2D eigenvalue weighted by Crippen LogP contribution is 2.28. The summed E-state index contributed by atoms with van der Waals surface area (Å²) < 4.78 is 0. The van der Waals surface area contributed by atoms with Gasteiger partial charge in [-0.15, -0.1) is 5.10 Å². The van der Waals surface area contributed by atoms with Gasteiger partial charge in [-0.25, -0.2) is 4.79 Å². The molecule has 1 aromatic heterocycles. The zero-order chi connectivity index (χ0) is 22.7. The Bertz CT molecular complexity index is 1100. The molecule has 0 saturated carbocycles. The van der Waals surface area contributed by atoms with Crippen molar-refractivity contribution in [2.45, 2.75) is 31.7 Å². The lowest BCUT2D eigenvalue weighted by atomic mass is 10.0. The van der Waals surface area contributed by atoms with Crippen molar-refractivity contribution in [3.8, 4) is 0 Å². The van der Waals surface area contributed by atoms with E-state index in [1.807, 2.05) is 0 Å². The van der Waals surface area contributed by atoms with Crippen molar-refractivity contribution in [2.75, 3.05) is 11.9 Å². The third-order valence-electron chi connectivity index (χ3n) is 5.25. The Hall–Kier alpha value is -4.15. The van der Waals surface area contributed by atoms with Crippen LogP contribution in [0.4, 0.5) is 10.6 Å². The van der Waals surface area contributed by atoms with E-state index in [-0.39, 0.29) is 24.0 Å². The molecule has 2 aromatic rings. The number of piperidine rings is 1. The first kappa shape index (κ1) is 21.1. The molecule has 3 heterocycles. The first-order valence-corrected chi connectivity index (χ1v) is 10.1. The highest BCUT2D eigenvalue weighted by atomic mass is 16.2. The molecular weight excluding hydrogens is 416 g/mol. The summed E-state index contributed by atoms with van der Waals surface area (Å²) in [5.41, 5.74) is 1.31. The SMILES string of the molecule is O=C1CCC(N2C(=O)c3ccc(CCCNC(=O)Nc4cccnn4)cc3C2=O)C(=O)N1. The van der Waals surface area contributed by atoms with Gasteiger partial charge < -0.3 is 5.32 Å². The van der Waals surface area contributed by atoms with Crippen LogP contribution < -0.4 is 16.0 Å². The maximum absolute atomic E-state index is 12.8. The number of nitrogens with one attached hydrogen (secondary N) is 3. The van der Waals surface area contributed by atoms with E-state index >= 15 is 0 Å². The average molecular weight is 436 g/mol. The van der Waals surface area contributed by atoms with Crippen molar-refractivity contribution in [1.82, 2.24) is 25.7 Å². The molecule has 3 N–H and O–H groups in total. The van der Waals surface area contributed by atoms with Gasteiger partial charge in [-0.2, -0.15) is 5.10 Å². The Morgan fingerprint density at radius 2 is 1.94 bits per heavy atom. The van der Waals surface area contributed by atoms with E-state index in [0.717, 1.165) is 10.5 Å². The second-order valence-electron chi connectivity index (χ2n) is 7.42. The predicted octanol–water partition coefficient (Wildman–Crippen LogP) is 0.632. The van der Waals surface area contributed by atoms with Gasteiger partial charge in [0.2, 0.25) is 11.8 Å². The molecule has 1 aromatic carbocycles. The maximum atomic E-state index is 12.8. The first-order valence-electron chi connectivity index (χ1n) is 10.1. The number of imide groups is 2. The highest BCUT2D eigenvalue weighted by Gasteiger charge is 2.44. The Labute approximate surface area is 182 Å². The van der Waals surface area contributed by atoms with Gasteiger partial charge in [-0.05, 0) is 49.1 Å². The molecule has 0 bridgehead atoms. The number of aryl methyl sites for hydroxylation is 1. The normalized spacial score (nSPS) is 17.8. The van der Waals surface area contributed by atoms with Crippen LogP contribution in [0.5, 0.6) is 0 Å². The van der Waals surface area contributed by atoms with Gasteiger partial charge in [0, 0.05) is 19.2 Å². The van der Waals surface area contributed by atoms with Crippen LogP contribution in [-0.2, 0) is 16.0 Å². The topological polar surface area (TPSA) is 150 Å². The van der Waals surface area contributed by atoms with Crippen molar-refractivity contribution >= 4 is 35.5 Å². The van der Waals surface area contributed by atoms with Gasteiger partial charge in [-0.3, -0.25) is 34.7 Å². The minimum atomic E-state index is -0.986.